The van der Waals surface area contributed by atoms with Crippen molar-refractivity contribution in [1.29, 1.82) is 0 Å². The number of amides is 1. The van der Waals surface area contributed by atoms with Gasteiger partial charge in [-0.25, -0.2) is 4.79 Å². The molecule has 0 radical (unpaired) electrons. The van der Waals surface area contributed by atoms with Crippen LogP contribution in [0.4, 0.5) is 0 Å². The average molecular weight is 395 g/mol. The Balaban J connectivity index is 1.57. The highest BCUT2D eigenvalue weighted by Crippen LogP contribution is 2.21. The van der Waals surface area contributed by atoms with Gasteiger partial charge in [0.05, 0.1) is 11.3 Å². The maximum Gasteiger partial charge on any atom is 0.337 e. The number of hydrogen-bond acceptors (Lipinski definition) is 3. The normalized spacial score (nSPS) is 10.5. The highest BCUT2D eigenvalue weighted by atomic mass is 35.5. The third-order valence-corrected chi connectivity index (χ3v) is 4.62. The Labute approximate surface area is 168 Å². The van der Waals surface area contributed by atoms with Crippen molar-refractivity contribution in [3.05, 3.63) is 88.2 Å². The number of rotatable bonds is 6. The van der Waals surface area contributed by atoms with E-state index in [9.17, 15) is 9.59 Å². The van der Waals surface area contributed by atoms with E-state index >= 15 is 0 Å². The maximum absolute atomic E-state index is 12.3. The Bertz CT molecular complexity index is 999. The Morgan fingerprint density at radius 1 is 0.964 bits per heavy atom. The Morgan fingerprint density at radius 2 is 1.57 bits per heavy atom. The summed E-state index contributed by atoms with van der Waals surface area (Å²) < 4.78 is 0. The molecule has 3 rings (SSSR count). The number of hydrogen-bond donors (Lipinski definition) is 2. The Kier molecular flexibility index (Phi) is 6.06. The molecule has 0 aliphatic rings. The molecule has 0 fully saturated rings. The number of carbonyl (C=O) groups excluding carboxylic acids is 1. The van der Waals surface area contributed by atoms with Crippen LogP contribution in [0.3, 0.4) is 0 Å². The van der Waals surface area contributed by atoms with Crippen LogP contribution in [0.1, 0.15) is 32.1 Å². The quantitative estimate of drug-likeness (QED) is 0.650. The Morgan fingerprint density at radius 3 is 2.14 bits per heavy atom. The molecule has 0 saturated carbocycles. The topological polar surface area (TPSA) is 79.3 Å². The molecule has 1 amide bonds. The first-order valence-corrected chi connectivity index (χ1v) is 9.16. The number of nitrogens with zero attached hydrogens (tertiary/aromatic N) is 1. The van der Waals surface area contributed by atoms with Gasteiger partial charge in [0.15, 0.2) is 0 Å². The predicted molar refractivity (Wildman–Crippen MR) is 109 cm³/mol. The van der Waals surface area contributed by atoms with Crippen LogP contribution in [0.15, 0.2) is 60.7 Å². The zero-order chi connectivity index (χ0) is 20.1. The summed E-state index contributed by atoms with van der Waals surface area (Å²) in [6, 6.07) is 18.1. The number of carbonyl (C=O) groups is 2. The number of aryl methyl sites for hydroxylation is 1. The fraction of sp³-hybridized carbons (Fsp3) is 0.136. The first-order chi connectivity index (χ1) is 13.4. The number of nitrogens with one attached hydrogen (secondary N) is 1. The third-order valence-electron chi connectivity index (χ3n) is 4.37. The molecule has 1 aromatic heterocycles. The van der Waals surface area contributed by atoms with Crippen LogP contribution in [-0.4, -0.2) is 28.5 Å². The monoisotopic (exact) mass is 394 g/mol. The van der Waals surface area contributed by atoms with E-state index in [0.29, 0.717) is 29.2 Å². The SMILES string of the molecule is Cc1nc(CCNC(=O)c2ccc(-c3ccc(Cl)cc3)cc2)ccc1C(=O)O. The van der Waals surface area contributed by atoms with Crippen LogP contribution < -0.4 is 5.32 Å². The summed E-state index contributed by atoms with van der Waals surface area (Å²) >= 11 is 5.91. The molecule has 0 atom stereocenters. The lowest BCUT2D eigenvalue weighted by atomic mass is 10.0. The fourth-order valence-electron chi connectivity index (χ4n) is 2.84. The minimum absolute atomic E-state index is 0.165. The second-order valence-electron chi connectivity index (χ2n) is 6.33. The highest BCUT2D eigenvalue weighted by molar-refractivity contribution is 6.30. The molecule has 5 nitrogen and oxygen atoms in total. The standard InChI is InChI=1S/C22H19ClN2O3/c1-14-20(22(27)28)11-10-19(25-14)12-13-24-21(26)17-4-2-15(3-5-17)16-6-8-18(23)9-7-16/h2-11H,12-13H2,1H3,(H,24,26)(H,27,28). The van der Waals surface area contributed by atoms with Crippen LogP contribution in [0, 0.1) is 6.92 Å². The van der Waals surface area contributed by atoms with E-state index in [1.807, 2.05) is 36.4 Å². The molecule has 0 aliphatic carbocycles. The van der Waals surface area contributed by atoms with Crippen LogP contribution in [0.5, 0.6) is 0 Å². The number of aromatic carboxylic acids is 1. The maximum atomic E-state index is 12.3. The number of halogens is 1. The lowest BCUT2D eigenvalue weighted by molar-refractivity contribution is 0.0695. The van der Waals surface area contributed by atoms with Crippen molar-refractivity contribution in [1.82, 2.24) is 10.3 Å². The molecule has 0 spiro atoms. The minimum Gasteiger partial charge on any atom is -0.478 e. The van der Waals surface area contributed by atoms with Gasteiger partial charge in [0.2, 0.25) is 0 Å². The van der Waals surface area contributed by atoms with Crippen LogP contribution in [-0.2, 0) is 6.42 Å². The van der Waals surface area contributed by atoms with E-state index < -0.39 is 5.97 Å². The molecule has 0 unspecified atom stereocenters. The van der Waals surface area contributed by atoms with Gasteiger partial charge in [-0.15, -0.1) is 0 Å². The van der Waals surface area contributed by atoms with E-state index in [2.05, 4.69) is 10.3 Å². The van der Waals surface area contributed by atoms with Gasteiger partial charge in [-0.05, 0) is 54.4 Å². The summed E-state index contributed by atoms with van der Waals surface area (Å²) in [5, 5.41) is 12.6. The number of pyridine rings is 1. The van der Waals surface area contributed by atoms with Gasteiger partial charge in [-0.3, -0.25) is 9.78 Å². The molecule has 2 N–H and O–H groups in total. The summed E-state index contributed by atoms with van der Waals surface area (Å²) in [6.45, 7) is 2.07. The molecule has 0 bridgehead atoms. The number of benzene rings is 2. The third kappa shape index (κ3) is 4.75. The molecule has 28 heavy (non-hydrogen) atoms. The van der Waals surface area contributed by atoms with E-state index in [-0.39, 0.29) is 11.5 Å². The molecule has 3 aromatic rings. The first-order valence-electron chi connectivity index (χ1n) is 8.78. The van der Waals surface area contributed by atoms with Gasteiger partial charge in [0.25, 0.3) is 5.91 Å². The van der Waals surface area contributed by atoms with Crippen molar-refractivity contribution in [3.63, 3.8) is 0 Å². The van der Waals surface area contributed by atoms with Gasteiger partial charge in [0.1, 0.15) is 0 Å². The molecule has 0 saturated heterocycles. The molecule has 1 heterocycles. The van der Waals surface area contributed by atoms with Gasteiger partial charge >= 0.3 is 5.97 Å². The second kappa shape index (κ2) is 8.67. The van der Waals surface area contributed by atoms with Gasteiger partial charge in [-0.1, -0.05) is 35.9 Å². The number of carboxylic acid groups (broad SMARTS) is 1. The van der Waals surface area contributed by atoms with E-state index in [4.69, 9.17) is 16.7 Å². The van der Waals surface area contributed by atoms with Crippen molar-refractivity contribution in [3.8, 4) is 11.1 Å². The largest absolute Gasteiger partial charge is 0.478 e. The van der Waals surface area contributed by atoms with Crippen molar-refractivity contribution in [2.45, 2.75) is 13.3 Å². The second-order valence-corrected chi connectivity index (χ2v) is 6.77. The number of aromatic nitrogens is 1. The lowest BCUT2D eigenvalue weighted by Crippen LogP contribution is -2.26. The smallest absolute Gasteiger partial charge is 0.337 e. The summed E-state index contributed by atoms with van der Waals surface area (Å²) in [7, 11) is 0. The minimum atomic E-state index is -0.994. The van der Waals surface area contributed by atoms with Crippen LogP contribution in [0.25, 0.3) is 11.1 Å². The van der Waals surface area contributed by atoms with Crippen molar-refractivity contribution in [2.24, 2.45) is 0 Å². The average Bonchev–Trinajstić information content (AvgIpc) is 2.68. The number of carboxylic acids is 1. The molecule has 142 valence electrons. The molecule has 2 aromatic carbocycles. The first kappa shape index (κ1) is 19.6. The zero-order valence-corrected chi connectivity index (χ0v) is 16.0. The highest BCUT2D eigenvalue weighted by Gasteiger charge is 2.09. The molecule has 6 heteroatoms. The molecular formula is C22H19ClN2O3. The fourth-order valence-corrected chi connectivity index (χ4v) is 2.97. The van der Waals surface area contributed by atoms with Gasteiger partial charge in [0, 0.05) is 29.2 Å². The Hall–Kier alpha value is -3.18. The van der Waals surface area contributed by atoms with Gasteiger partial charge < -0.3 is 10.4 Å². The summed E-state index contributed by atoms with van der Waals surface area (Å²) in [4.78, 5) is 27.6. The van der Waals surface area contributed by atoms with E-state index in [1.54, 1.807) is 25.1 Å². The summed E-state index contributed by atoms with van der Waals surface area (Å²) in [5.41, 5.74) is 4.00. The summed E-state index contributed by atoms with van der Waals surface area (Å²) in [5.74, 6) is -1.16. The van der Waals surface area contributed by atoms with Crippen molar-refractivity contribution >= 4 is 23.5 Å². The van der Waals surface area contributed by atoms with E-state index in [0.717, 1.165) is 16.8 Å². The summed E-state index contributed by atoms with van der Waals surface area (Å²) in [6.07, 6.45) is 0.523. The lowest BCUT2D eigenvalue weighted by Gasteiger charge is -2.08. The van der Waals surface area contributed by atoms with E-state index in [1.165, 1.54) is 6.07 Å². The predicted octanol–water partition coefficient (Wildman–Crippen LogP) is 4.38. The van der Waals surface area contributed by atoms with Crippen LogP contribution in [0.2, 0.25) is 5.02 Å². The molecule has 0 aliphatic heterocycles. The van der Waals surface area contributed by atoms with Crippen molar-refractivity contribution in [2.75, 3.05) is 6.54 Å². The van der Waals surface area contributed by atoms with Crippen molar-refractivity contribution < 1.29 is 14.7 Å². The molecular weight excluding hydrogens is 376 g/mol. The zero-order valence-electron chi connectivity index (χ0n) is 15.3. The van der Waals surface area contributed by atoms with Gasteiger partial charge in [-0.2, -0.15) is 0 Å². The van der Waals surface area contributed by atoms with Crippen LogP contribution >= 0.6 is 11.6 Å².